The molecule has 1 saturated heterocycles. The van der Waals surface area contributed by atoms with Gasteiger partial charge in [-0.3, -0.25) is 4.90 Å². The monoisotopic (exact) mass is 350 g/mol. The van der Waals surface area contributed by atoms with Crippen LogP contribution in [0.1, 0.15) is 35.9 Å². The maximum absolute atomic E-state index is 5.47. The lowest BCUT2D eigenvalue weighted by Gasteiger charge is -2.23. The van der Waals surface area contributed by atoms with Gasteiger partial charge in [-0.1, -0.05) is 21.1 Å². The van der Waals surface area contributed by atoms with Crippen LogP contribution in [0.25, 0.3) is 0 Å². The Morgan fingerprint density at radius 3 is 3.00 bits per heavy atom. The Balaban J connectivity index is 1.82. The fourth-order valence-corrected chi connectivity index (χ4v) is 3.38. The molecule has 21 heavy (non-hydrogen) atoms. The molecule has 1 aliphatic heterocycles. The maximum Gasteiger partial charge on any atom is 0.154 e. The second-order valence-electron chi connectivity index (χ2n) is 5.46. The first-order valence-electron chi connectivity index (χ1n) is 7.17. The minimum Gasteiger partial charge on any atom is -0.496 e. The molecule has 0 spiro atoms. The van der Waals surface area contributed by atoms with Crippen LogP contribution in [-0.4, -0.2) is 23.7 Å². The van der Waals surface area contributed by atoms with Crippen molar-refractivity contribution in [3.63, 3.8) is 0 Å². The number of nitrogens with zero attached hydrogens (tertiary/aromatic N) is 2. The van der Waals surface area contributed by atoms with Gasteiger partial charge in [0.05, 0.1) is 18.8 Å². The van der Waals surface area contributed by atoms with Crippen molar-refractivity contribution >= 4 is 15.9 Å². The van der Waals surface area contributed by atoms with Gasteiger partial charge in [-0.25, -0.2) is 0 Å². The van der Waals surface area contributed by atoms with Gasteiger partial charge in [-0.15, -0.1) is 0 Å². The number of rotatable bonds is 4. The highest BCUT2D eigenvalue weighted by molar-refractivity contribution is 9.10. The van der Waals surface area contributed by atoms with Gasteiger partial charge in [-0.2, -0.15) is 0 Å². The minimum absolute atomic E-state index is 0.315. The third kappa shape index (κ3) is 3.14. The van der Waals surface area contributed by atoms with E-state index in [1.807, 2.05) is 25.1 Å². The molecule has 0 amide bonds. The molecule has 1 aromatic heterocycles. The highest BCUT2D eigenvalue weighted by atomic mass is 79.9. The van der Waals surface area contributed by atoms with Crippen LogP contribution in [0.15, 0.2) is 33.3 Å². The third-order valence-corrected chi connectivity index (χ3v) is 4.45. The van der Waals surface area contributed by atoms with Crippen LogP contribution in [0, 0.1) is 6.92 Å². The molecule has 1 aromatic carbocycles. The van der Waals surface area contributed by atoms with Crippen LogP contribution in [0.4, 0.5) is 0 Å². The highest BCUT2D eigenvalue weighted by Gasteiger charge is 2.29. The number of hydrogen-bond acceptors (Lipinski definition) is 4. The molecule has 0 aliphatic carbocycles. The number of hydrogen-bond donors (Lipinski definition) is 0. The Hall–Kier alpha value is -1.33. The molecule has 3 rings (SSSR count). The number of aryl methyl sites for hydroxylation is 1. The molecule has 0 radical (unpaired) electrons. The Morgan fingerprint density at radius 2 is 2.29 bits per heavy atom. The maximum atomic E-state index is 5.47. The molecule has 4 nitrogen and oxygen atoms in total. The zero-order valence-corrected chi connectivity index (χ0v) is 13.9. The molecule has 1 fully saturated rings. The molecule has 0 unspecified atom stereocenters. The SMILES string of the molecule is COc1ccc(Br)cc1CN1CCC[C@H]1c1cc(C)no1. The highest BCUT2D eigenvalue weighted by Crippen LogP contribution is 2.35. The van der Waals surface area contributed by atoms with Crippen LogP contribution in [0.2, 0.25) is 0 Å². The van der Waals surface area contributed by atoms with E-state index in [9.17, 15) is 0 Å². The van der Waals surface area contributed by atoms with E-state index in [2.05, 4.69) is 32.1 Å². The number of ether oxygens (including phenoxy) is 1. The van der Waals surface area contributed by atoms with Gasteiger partial charge in [0, 0.05) is 22.6 Å². The second-order valence-corrected chi connectivity index (χ2v) is 6.37. The van der Waals surface area contributed by atoms with Gasteiger partial charge in [0.1, 0.15) is 5.75 Å². The Morgan fingerprint density at radius 1 is 1.43 bits per heavy atom. The van der Waals surface area contributed by atoms with Crippen LogP contribution in [-0.2, 0) is 6.54 Å². The third-order valence-electron chi connectivity index (χ3n) is 3.95. The van der Waals surface area contributed by atoms with Crippen molar-refractivity contribution in [2.45, 2.75) is 32.4 Å². The van der Waals surface area contributed by atoms with Gasteiger partial charge in [0.25, 0.3) is 0 Å². The number of halogens is 1. The smallest absolute Gasteiger partial charge is 0.154 e. The predicted molar refractivity (Wildman–Crippen MR) is 84.3 cm³/mol. The fourth-order valence-electron chi connectivity index (χ4n) is 2.97. The van der Waals surface area contributed by atoms with E-state index in [-0.39, 0.29) is 0 Å². The fraction of sp³-hybridized carbons (Fsp3) is 0.438. The van der Waals surface area contributed by atoms with Crippen LogP contribution < -0.4 is 4.74 Å². The second kappa shape index (κ2) is 6.20. The first-order chi connectivity index (χ1) is 10.2. The van der Waals surface area contributed by atoms with Crippen molar-refractivity contribution in [1.29, 1.82) is 0 Å². The lowest BCUT2D eigenvalue weighted by molar-refractivity contribution is 0.204. The number of aromatic nitrogens is 1. The number of benzene rings is 1. The van der Waals surface area contributed by atoms with Crippen LogP contribution in [0.3, 0.4) is 0 Å². The van der Waals surface area contributed by atoms with Gasteiger partial charge in [0.15, 0.2) is 5.76 Å². The summed E-state index contributed by atoms with van der Waals surface area (Å²) >= 11 is 3.54. The molecule has 1 atom stereocenters. The molecule has 112 valence electrons. The van der Waals surface area contributed by atoms with E-state index >= 15 is 0 Å². The lowest BCUT2D eigenvalue weighted by Crippen LogP contribution is -2.22. The summed E-state index contributed by atoms with van der Waals surface area (Å²) in [5, 5.41) is 4.02. The van der Waals surface area contributed by atoms with E-state index in [1.54, 1.807) is 7.11 Å². The summed E-state index contributed by atoms with van der Waals surface area (Å²) in [5.74, 6) is 1.90. The topological polar surface area (TPSA) is 38.5 Å². The molecular formula is C16H19BrN2O2. The zero-order chi connectivity index (χ0) is 14.8. The van der Waals surface area contributed by atoms with Crippen LogP contribution >= 0.6 is 15.9 Å². The molecule has 2 heterocycles. The van der Waals surface area contributed by atoms with Crippen molar-refractivity contribution in [2.75, 3.05) is 13.7 Å². The average molecular weight is 351 g/mol. The molecule has 0 bridgehead atoms. The summed E-state index contributed by atoms with van der Waals surface area (Å²) < 4.78 is 12.0. The minimum atomic E-state index is 0.315. The molecule has 1 aliphatic rings. The molecule has 0 N–H and O–H groups in total. The van der Waals surface area contributed by atoms with E-state index in [1.165, 1.54) is 12.0 Å². The summed E-state index contributed by atoms with van der Waals surface area (Å²) in [6, 6.07) is 8.49. The van der Waals surface area contributed by atoms with Gasteiger partial charge < -0.3 is 9.26 Å². The lowest BCUT2D eigenvalue weighted by atomic mass is 10.1. The Labute approximate surface area is 133 Å². The largest absolute Gasteiger partial charge is 0.496 e. The standard InChI is InChI=1S/C16H19BrN2O2/c1-11-8-16(21-18-11)14-4-3-7-19(14)10-12-9-13(17)5-6-15(12)20-2/h5-6,8-9,14H,3-4,7,10H2,1-2H3/t14-/m0/s1. The molecular weight excluding hydrogens is 332 g/mol. The summed E-state index contributed by atoms with van der Waals surface area (Å²) in [5.41, 5.74) is 2.13. The van der Waals surface area contributed by atoms with Crippen LogP contribution in [0.5, 0.6) is 5.75 Å². The van der Waals surface area contributed by atoms with Gasteiger partial charge >= 0.3 is 0 Å². The van der Waals surface area contributed by atoms with E-state index < -0.39 is 0 Å². The van der Waals surface area contributed by atoms with E-state index in [0.717, 1.165) is 41.2 Å². The van der Waals surface area contributed by atoms with Crippen molar-refractivity contribution < 1.29 is 9.26 Å². The van der Waals surface area contributed by atoms with Gasteiger partial charge in [-0.05, 0) is 44.5 Å². The first kappa shape index (κ1) is 14.6. The summed E-state index contributed by atoms with van der Waals surface area (Å²) in [4.78, 5) is 2.43. The number of methoxy groups -OCH3 is 1. The summed E-state index contributed by atoms with van der Waals surface area (Å²) in [6.45, 7) is 3.89. The van der Waals surface area contributed by atoms with E-state index in [0.29, 0.717) is 6.04 Å². The zero-order valence-electron chi connectivity index (χ0n) is 12.3. The number of likely N-dealkylation sites (tertiary alicyclic amines) is 1. The van der Waals surface area contributed by atoms with Gasteiger partial charge in [0.2, 0.25) is 0 Å². The predicted octanol–water partition coefficient (Wildman–Crippen LogP) is 4.09. The summed E-state index contributed by atoms with van der Waals surface area (Å²) in [7, 11) is 1.72. The quantitative estimate of drug-likeness (QED) is 0.832. The molecule has 2 aromatic rings. The normalized spacial score (nSPS) is 19.1. The first-order valence-corrected chi connectivity index (χ1v) is 7.96. The van der Waals surface area contributed by atoms with E-state index in [4.69, 9.17) is 9.26 Å². The molecule has 0 saturated carbocycles. The Bertz CT molecular complexity index is 626. The van der Waals surface area contributed by atoms with Crippen molar-refractivity contribution in [3.05, 3.63) is 45.8 Å². The van der Waals surface area contributed by atoms with Crippen molar-refractivity contribution in [2.24, 2.45) is 0 Å². The Kier molecular flexibility index (Phi) is 4.31. The van der Waals surface area contributed by atoms with Crippen molar-refractivity contribution in [3.8, 4) is 5.75 Å². The van der Waals surface area contributed by atoms with Crippen molar-refractivity contribution in [1.82, 2.24) is 10.1 Å². The average Bonchev–Trinajstić information content (AvgIpc) is 3.08. The molecule has 5 heteroatoms. The summed E-state index contributed by atoms with van der Waals surface area (Å²) in [6.07, 6.45) is 2.30.